The molecule has 2 heterocycles. The highest BCUT2D eigenvalue weighted by Gasteiger charge is 2.10. The van der Waals surface area contributed by atoms with E-state index in [9.17, 15) is 4.79 Å². The molecule has 0 saturated carbocycles. The molecule has 0 radical (unpaired) electrons. The summed E-state index contributed by atoms with van der Waals surface area (Å²) in [5.41, 5.74) is 3.25. The molecule has 0 spiro atoms. The molecular formula is C11H14N4O2S. The van der Waals surface area contributed by atoms with E-state index in [1.54, 1.807) is 16.3 Å². The van der Waals surface area contributed by atoms with Crippen molar-refractivity contribution in [2.24, 2.45) is 0 Å². The predicted octanol–water partition coefficient (Wildman–Crippen LogP) is 0.822. The van der Waals surface area contributed by atoms with Gasteiger partial charge in [0, 0.05) is 11.4 Å². The van der Waals surface area contributed by atoms with Gasteiger partial charge in [-0.15, -0.1) is 11.3 Å². The van der Waals surface area contributed by atoms with E-state index in [4.69, 9.17) is 5.11 Å². The number of hydrogen-bond donors (Lipinski definition) is 2. The molecule has 0 atom stereocenters. The van der Waals surface area contributed by atoms with Gasteiger partial charge in [0.15, 0.2) is 0 Å². The van der Waals surface area contributed by atoms with Crippen LogP contribution in [0.2, 0.25) is 0 Å². The van der Waals surface area contributed by atoms with E-state index in [1.807, 2.05) is 12.3 Å². The topological polar surface area (TPSA) is 80.0 Å². The highest BCUT2D eigenvalue weighted by Crippen LogP contribution is 2.11. The molecule has 96 valence electrons. The summed E-state index contributed by atoms with van der Waals surface area (Å²) in [6.45, 7) is 2.18. The van der Waals surface area contributed by atoms with Gasteiger partial charge in [-0.05, 0) is 6.92 Å². The van der Waals surface area contributed by atoms with E-state index in [0.717, 1.165) is 11.4 Å². The molecule has 0 aliphatic carbocycles. The van der Waals surface area contributed by atoms with Gasteiger partial charge in [-0.3, -0.25) is 4.79 Å². The zero-order chi connectivity index (χ0) is 13.0. The van der Waals surface area contributed by atoms with Crippen molar-refractivity contribution in [2.45, 2.75) is 19.9 Å². The first-order valence-electron chi connectivity index (χ1n) is 5.51. The number of carbonyl (C=O) groups excluding carboxylic acids is 1. The van der Waals surface area contributed by atoms with Gasteiger partial charge >= 0.3 is 0 Å². The average Bonchev–Trinajstić information content (AvgIpc) is 2.90. The number of aryl methyl sites for hydroxylation is 1. The van der Waals surface area contributed by atoms with Crippen molar-refractivity contribution in [1.29, 1.82) is 0 Å². The van der Waals surface area contributed by atoms with Crippen LogP contribution in [-0.2, 0) is 17.8 Å². The third-order valence-corrected chi connectivity index (χ3v) is 2.94. The number of thiazole rings is 1. The monoisotopic (exact) mass is 266 g/mol. The number of aliphatic hydroxyl groups is 1. The summed E-state index contributed by atoms with van der Waals surface area (Å²) in [6, 6.07) is 1.77. The fraction of sp³-hybridized carbons (Fsp3) is 0.364. The van der Waals surface area contributed by atoms with Gasteiger partial charge in [-0.25, -0.2) is 9.67 Å². The minimum Gasteiger partial charge on any atom is -0.394 e. The number of amides is 1. The maximum Gasteiger partial charge on any atom is 0.231 e. The van der Waals surface area contributed by atoms with Crippen molar-refractivity contribution >= 4 is 23.1 Å². The molecule has 0 aliphatic heterocycles. The fourth-order valence-corrected chi connectivity index (χ4v) is 2.15. The second kappa shape index (κ2) is 5.74. The van der Waals surface area contributed by atoms with E-state index < -0.39 is 0 Å². The van der Waals surface area contributed by atoms with Crippen molar-refractivity contribution in [2.75, 3.05) is 11.9 Å². The number of rotatable bonds is 5. The van der Waals surface area contributed by atoms with Crippen LogP contribution in [0, 0.1) is 6.92 Å². The Morgan fingerprint density at radius 3 is 3.11 bits per heavy atom. The van der Waals surface area contributed by atoms with Crippen LogP contribution < -0.4 is 5.32 Å². The zero-order valence-corrected chi connectivity index (χ0v) is 10.8. The molecule has 0 aliphatic rings. The third-order valence-electron chi connectivity index (χ3n) is 2.31. The standard InChI is InChI=1S/C11H14N4O2S/c1-8-4-10(15(14-8)2-3-16)13-11(17)5-9-6-18-7-12-9/h4,6-7,16H,2-3,5H2,1H3,(H,13,17). The summed E-state index contributed by atoms with van der Waals surface area (Å²) in [4.78, 5) is 15.9. The fourth-order valence-electron chi connectivity index (χ4n) is 1.59. The summed E-state index contributed by atoms with van der Waals surface area (Å²) < 4.78 is 1.58. The number of nitrogens with one attached hydrogen (secondary N) is 1. The molecule has 1 amide bonds. The molecule has 6 nitrogen and oxygen atoms in total. The first-order valence-corrected chi connectivity index (χ1v) is 6.45. The first kappa shape index (κ1) is 12.7. The lowest BCUT2D eigenvalue weighted by molar-refractivity contribution is -0.115. The Balaban J connectivity index is 2.02. The summed E-state index contributed by atoms with van der Waals surface area (Å²) in [7, 11) is 0. The number of carbonyl (C=O) groups is 1. The van der Waals surface area contributed by atoms with E-state index in [-0.39, 0.29) is 18.9 Å². The molecule has 2 N–H and O–H groups in total. The Morgan fingerprint density at radius 2 is 2.44 bits per heavy atom. The molecule has 2 rings (SSSR count). The highest BCUT2D eigenvalue weighted by atomic mass is 32.1. The van der Waals surface area contributed by atoms with Crippen LogP contribution in [0.5, 0.6) is 0 Å². The average molecular weight is 266 g/mol. The molecule has 0 saturated heterocycles. The van der Waals surface area contributed by atoms with Crippen molar-refractivity contribution < 1.29 is 9.90 Å². The van der Waals surface area contributed by atoms with Crippen LogP contribution in [0.1, 0.15) is 11.4 Å². The van der Waals surface area contributed by atoms with E-state index in [2.05, 4.69) is 15.4 Å². The van der Waals surface area contributed by atoms with Gasteiger partial charge in [0.05, 0.1) is 36.5 Å². The van der Waals surface area contributed by atoms with Crippen molar-refractivity contribution in [1.82, 2.24) is 14.8 Å². The third kappa shape index (κ3) is 3.14. The maximum atomic E-state index is 11.8. The van der Waals surface area contributed by atoms with Crippen molar-refractivity contribution in [3.63, 3.8) is 0 Å². The largest absolute Gasteiger partial charge is 0.394 e. The van der Waals surface area contributed by atoms with Crippen LogP contribution in [-0.4, -0.2) is 32.4 Å². The summed E-state index contributed by atoms with van der Waals surface area (Å²) >= 11 is 1.46. The molecule has 0 fully saturated rings. The second-order valence-corrected chi connectivity index (χ2v) is 4.54. The Kier molecular flexibility index (Phi) is 4.06. The van der Waals surface area contributed by atoms with E-state index >= 15 is 0 Å². The van der Waals surface area contributed by atoms with Gasteiger partial charge < -0.3 is 10.4 Å². The molecular weight excluding hydrogens is 252 g/mol. The first-order chi connectivity index (χ1) is 8.69. The normalized spacial score (nSPS) is 10.6. The molecule has 7 heteroatoms. The van der Waals surface area contributed by atoms with Crippen LogP contribution in [0.25, 0.3) is 0 Å². The lowest BCUT2D eigenvalue weighted by Crippen LogP contribution is -2.18. The number of anilines is 1. The SMILES string of the molecule is Cc1cc(NC(=O)Cc2cscn2)n(CCO)n1. The van der Waals surface area contributed by atoms with Crippen LogP contribution in [0.3, 0.4) is 0 Å². The Morgan fingerprint density at radius 1 is 1.61 bits per heavy atom. The van der Waals surface area contributed by atoms with Crippen LogP contribution in [0.4, 0.5) is 5.82 Å². The van der Waals surface area contributed by atoms with Crippen molar-refractivity contribution in [3.8, 4) is 0 Å². The lowest BCUT2D eigenvalue weighted by atomic mass is 10.3. The summed E-state index contributed by atoms with van der Waals surface area (Å²) in [5, 5.41) is 17.7. The van der Waals surface area contributed by atoms with Gasteiger partial charge in [0.25, 0.3) is 0 Å². The Bertz CT molecular complexity index is 521. The highest BCUT2D eigenvalue weighted by molar-refractivity contribution is 7.07. The number of hydrogen-bond acceptors (Lipinski definition) is 5. The predicted molar refractivity (Wildman–Crippen MR) is 68.5 cm³/mol. The quantitative estimate of drug-likeness (QED) is 0.839. The van der Waals surface area contributed by atoms with E-state index in [1.165, 1.54) is 11.3 Å². The summed E-state index contributed by atoms with van der Waals surface area (Å²) in [6.07, 6.45) is 0.243. The maximum absolute atomic E-state index is 11.8. The molecule has 2 aromatic rings. The minimum absolute atomic E-state index is 0.0178. The molecule has 0 aromatic carbocycles. The molecule has 0 bridgehead atoms. The molecule has 2 aromatic heterocycles. The summed E-state index contributed by atoms with van der Waals surface area (Å²) in [5.74, 6) is 0.460. The molecule has 18 heavy (non-hydrogen) atoms. The second-order valence-electron chi connectivity index (χ2n) is 3.82. The number of aromatic nitrogens is 3. The van der Waals surface area contributed by atoms with Gasteiger partial charge in [0.1, 0.15) is 5.82 Å². The van der Waals surface area contributed by atoms with Gasteiger partial charge in [-0.2, -0.15) is 5.10 Å². The van der Waals surface area contributed by atoms with Crippen molar-refractivity contribution in [3.05, 3.63) is 28.3 Å². The number of aliphatic hydroxyl groups excluding tert-OH is 1. The van der Waals surface area contributed by atoms with Crippen LogP contribution >= 0.6 is 11.3 Å². The number of nitrogens with zero attached hydrogens (tertiary/aromatic N) is 3. The van der Waals surface area contributed by atoms with Crippen LogP contribution in [0.15, 0.2) is 17.0 Å². The Hall–Kier alpha value is -1.73. The smallest absolute Gasteiger partial charge is 0.231 e. The Labute approximate surface area is 108 Å². The lowest BCUT2D eigenvalue weighted by Gasteiger charge is -2.06. The minimum atomic E-state index is -0.139. The van der Waals surface area contributed by atoms with E-state index in [0.29, 0.717) is 12.4 Å². The van der Waals surface area contributed by atoms with Gasteiger partial charge in [-0.1, -0.05) is 0 Å². The van der Waals surface area contributed by atoms with Gasteiger partial charge in [0.2, 0.25) is 5.91 Å². The zero-order valence-electron chi connectivity index (χ0n) is 9.96. The molecule has 0 unspecified atom stereocenters.